The molecule has 3 heteroatoms. The van der Waals surface area contributed by atoms with Crippen molar-refractivity contribution in [2.24, 2.45) is 0 Å². The van der Waals surface area contributed by atoms with Crippen LogP contribution in [0.1, 0.15) is 24.8 Å². The first-order valence-corrected chi connectivity index (χ1v) is 8.66. The van der Waals surface area contributed by atoms with Gasteiger partial charge in [0.2, 0.25) is 0 Å². The van der Waals surface area contributed by atoms with Crippen molar-refractivity contribution in [3.8, 4) is 0 Å². The maximum Gasteiger partial charge on any atom is 0.0233 e. The molecule has 0 spiro atoms. The lowest BCUT2D eigenvalue weighted by atomic mass is 10.0. The standard InChI is InChI=1S/C16H24N2S/c1-2-4-14(5-3-1)12-18-9-6-15(7-10-18)17-16-8-11-19-13-16/h1-5,15-17H,6-13H2/t16-/m1/s1. The van der Waals surface area contributed by atoms with E-state index in [1.165, 1.54) is 49.4 Å². The monoisotopic (exact) mass is 276 g/mol. The third-order valence-corrected chi connectivity index (χ3v) is 5.40. The van der Waals surface area contributed by atoms with E-state index < -0.39 is 0 Å². The molecule has 0 unspecified atom stereocenters. The zero-order chi connectivity index (χ0) is 12.9. The lowest BCUT2D eigenvalue weighted by Gasteiger charge is -2.33. The Balaban J connectivity index is 1.41. The van der Waals surface area contributed by atoms with Gasteiger partial charge in [0.05, 0.1) is 0 Å². The predicted molar refractivity (Wildman–Crippen MR) is 83.6 cm³/mol. The second-order valence-corrected chi connectivity index (χ2v) is 6.91. The van der Waals surface area contributed by atoms with Crippen LogP contribution in [0.5, 0.6) is 0 Å². The predicted octanol–water partition coefficient (Wildman–Crippen LogP) is 2.75. The van der Waals surface area contributed by atoms with Gasteiger partial charge in [-0.25, -0.2) is 0 Å². The van der Waals surface area contributed by atoms with Crippen molar-refractivity contribution in [1.29, 1.82) is 0 Å². The zero-order valence-corrected chi connectivity index (χ0v) is 12.4. The van der Waals surface area contributed by atoms with Crippen molar-refractivity contribution in [1.82, 2.24) is 10.2 Å². The van der Waals surface area contributed by atoms with E-state index in [1.54, 1.807) is 0 Å². The fourth-order valence-corrected chi connectivity index (χ4v) is 4.26. The summed E-state index contributed by atoms with van der Waals surface area (Å²) in [6, 6.07) is 12.4. The summed E-state index contributed by atoms with van der Waals surface area (Å²) < 4.78 is 0. The summed E-state index contributed by atoms with van der Waals surface area (Å²) in [4.78, 5) is 2.59. The maximum atomic E-state index is 3.85. The molecule has 1 aromatic rings. The van der Waals surface area contributed by atoms with Gasteiger partial charge in [-0.1, -0.05) is 30.3 Å². The number of rotatable bonds is 4. The Morgan fingerprint density at radius 3 is 2.53 bits per heavy atom. The number of likely N-dealkylation sites (tertiary alicyclic amines) is 1. The summed E-state index contributed by atoms with van der Waals surface area (Å²) in [7, 11) is 0. The largest absolute Gasteiger partial charge is 0.310 e. The van der Waals surface area contributed by atoms with E-state index in [9.17, 15) is 0 Å². The SMILES string of the molecule is c1ccc(CN2CCC(N[C@@H]3CCSC3)CC2)cc1. The van der Waals surface area contributed by atoms with Crippen molar-refractivity contribution in [2.45, 2.75) is 37.9 Å². The van der Waals surface area contributed by atoms with Gasteiger partial charge in [0, 0.05) is 24.4 Å². The molecule has 104 valence electrons. The molecule has 1 atom stereocenters. The zero-order valence-electron chi connectivity index (χ0n) is 11.6. The summed E-state index contributed by atoms with van der Waals surface area (Å²) in [5.41, 5.74) is 1.45. The Kier molecular flexibility index (Phi) is 4.81. The average Bonchev–Trinajstić information content (AvgIpc) is 2.95. The molecule has 1 aromatic carbocycles. The molecule has 0 bridgehead atoms. The smallest absolute Gasteiger partial charge is 0.0233 e. The minimum atomic E-state index is 0.760. The first kappa shape index (κ1) is 13.5. The fraction of sp³-hybridized carbons (Fsp3) is 0.625. The molecule has 2 nitrogen and oxygen atoms in total. The molecule has 3 rings (SSSR count). The molecular weight excluding hydrogens is 252 g/mol. The van der Waals surface area contributed by atoms with E-state index in [4.69, 9.17) is 0 Å². The van der Waals surface area contributed by atoms with Crippen molar-refractivity contribution in [2.75, 3.05) is 24.6 Å². The van der Waals surface area contributed by atoms with Crippen LogP contribution in [0.25, 0.3) is 0 Å². The van der Waals surface area contributed by atoms with Crippen LogP contribution in [0.4, 0.5) is 0 Å². The fourth-order valence-electron chi connectivity index (χ4n) is 3.10. The highest BCUT2D eigenvalue weighted by Gasteiger charge is 2.23. The highest BCUT2D eigenvalue weighted by Crippen LogP contribution is 2.20. The Bertz CT molecular complexity index is 368. The Morgan fingerprint density at radius 2 is 1.84 bits per heavy atom. The molecule has 1 N–H and O–H groups in total. The van der Waals surface area contributed by atoms with Gasteiger partial charge in [-0.15, -0.1) is 0 Å². The van der Waals surface area contributed by atoms with Crippen molar-refractivity contribution >= 4 is 11.8 Å². The molecule has 2 fully saturated rings. The summed E-state index contributed by atoms with van der Waals surface area (Å²) in [5.74, 6) is 2.68. The van der Waals surface area contributed by atoms with Crippen LogP contribution < -0.4 is 5.32 Å². The van der Waals surface area contributed by atoms with Crippen LogP contribution in [-0.2, 0) is 6.54 Å². The van der Waals surface area contributed by atoms with Crippen molar-refractivity contribution < 1.29 is 0 Å². The van der Waals surface area contributed by atoms with Gasteiger partial charge in [-0.3, -0.25) is 4.90 Å². The van der Waals surface area contributed by atoms with E-state index in [1.807, 2.05) is 0 Å². The molecule has 2 aliphatic rings. The number of benzene rings is 1. The van der Waals surface area contributed by atoms with Gasteiger partial charge in [0.25, 0.3) is 0 Å². The van der Waals surface area contributed by atoms with E-state index in [0.717, 1.165) is 18.6 Å². The van der Waals surface area contributed by atoms with Gasteiger partial charge in [0.15, 0.2) is 0 Å². The van der Waals surface area contributed by atoms with Gasteiger partial charge in [-0.2, -0.15) is 11.8 Å². The summed E-state index contributed by atoms with van der Waals surface area (Å²) in [5, 5.41) is 3.85. The number of nitrogens with one attached hydrogen (secondary N) is 1. The molecule has 0 saturated carbocycles. The molecule has 2 aliphatic heterocycles. The lowest BCUT2D eigenvalue weighted by molar-refractivity contribution is 0.185. The summed E-state index contributed by atoms with van der Waals surface area (Å²) in [6.07, 6.45) is 4.00. The third-order valence-electron chi connectivity index (χ3n) is 4.24. The third kappa shape index (κ3) is 3.98. The van der Waals surface area contributed by atoms with Gasteiger partial charge >= 0.3 is 0 Å². The minimum Gasteiger partial charge on any atom is -0.310 e. The highest BCUT2D eigenvalue weighted by atomic mass is 32.2. The second-order valence-electron chi connectivity index (χ2n) is 5.76. The van der Waals surface area contributed by atoms with Crippen LogP contribution in [0, 0.1) is 0 Å². The summed E-state index contributed by atoms with van der Waals surface area (Å²) in [6.45, 7) is 3.60. The Hall–Kier alpha value is -0.510. The Morgan fingerprint density at radius 1 is 1.05 bits per heavy atom. The first-order valence-electron chi connectivity index (χ1n) is 7.50. The van der Waals surface area contributed by atoms with Crippen LogP contribution in [0.15, 0.2) is 30.3 Å². The molecule has 0 amide bonds. The molecule has 2 heterocycles. The van der Waals surface area contributed by atoms with Gasteiger partial charge < -0.3 is 5.32 Å². The molecule has 2 saturated heterocycles. The van der Waals surface area contributed by atoms with Gasteiger partial charge in [-0.05, 0) is 43.7 Å². The van der Waals surface area contributed by atoms with E-state index >= 15 is 0 Å². The first-order chi connectivity index (χ1) is 9.40. The van der Waals surface area contributed by atoms with E-state index in [0.29, 0.717) is 0 Å². The normalized spacial score (nSPS) is 25.8. The maximum absolute atomic E-state index is 3.85. The lowest BCUT2D eigenvalue weighted by Crippen LogP contribution is -2.46. The van der Waals surface area contributed by atoms with Gasteiger partial charge in [0.1, 0.15) is 0 Å². The molecule has 19 heavy (non-hydrogen) atoms. The van der Waals surface area contributed by atoms with Crippen LogP contribution in [0.2, 0.25) is 0 Å². The number of hydrogen-bond acceptors (Lipinski definition) is 3. The van der Waals surface area contributed by atoms with Crippen molar-refractivity contribution in [3.05, 3.63) is 35.9 Å². The number of thioether (sulfide) groups is 1. The topological polar surface area (TPSA) is 15.3 Å². The molecule has 0 aromatic heterocycles. The molecular formula is C16H24N2S. The Labute approximate surface area is 121 Å². The highest BCUT2D eigenvalue weighted by molar-refractivity contribution is 7.99. The van der Waals surface area contributed by atoms with Crippen LogP contribution in [-0.4, -0.2) is 41.6 Å². The molecule has 0 radical (unpaired) electrons. The average molecular weight is 276 g/mol. The quantitative estimate of drug-likeness (QED) is 0.910. The van der Waals surface area contributed by atoms with E-state index in [-0.39, 0.29) is 0 Å². The second kappa shape index (κ2) is 6.78. The number of hydrogen-bond donors (Lipinski definition) is 1. The minimum absolute atomic E-state index is 0.760. The van der Waals surface area contributed by atoms with Crippen LogP contribution in [0.3, 0.4) is 0 Å². The number of nitrogens with zero attached hydrogens (tertiary/aromatic N) is 1. The number of piperidine rings is 1. The van der Waals surface area contributed by atoms with Crippen LogP contribution >= 0.6 is 11.8 Å². The summed E-state index contributed by atoms with van der Waals surface area (Å²) >= 11 is 2.10. The van der Waals surface area contributed by atoms with E-state index in [2.05, 4.69) is 52.3 Å². The van der Waals surface area contributed by atoms with Crippen molar-refractivity contribution in [3.63, 3.8) is 0 Å². The molecule has 0 aliphatic carbocycles.